The van der Waals surface area contributed by atoms with Crippen molar-refractivity contribution in [1.82, 2.24) is 4.90 Å². The molecule has 1 aliphatic heterocycles. The molecule has 1 aliphatic rings. The lowest BCUT2D eigenvalue weighted by Crippen LogP contribution is -2.36. The number of hydrogen-bond acceptors (Lipinski definition) is 3. The normalized spacial score (nSPS) is 17.4. The van der Waals surface area contributed by atoms with Crippen LogP contribution in [0.2, 0.25) is 0 Å². The molecule has 0 spiro atoms. The number of halogens is 1. The van der Waals surface area contributed by atoms with Gasteiger partial charge in [0.05, 0.1) is 18.2 Å². The maximum absolute atomic E-state index is 12.7. The SMILES string of the molecule is Cc1cc2c(s1)C(=O)N(Cc1ccccc1C#N)C(Cl)=S2C. The van der Waals surface area contributed by atoms with Crippen molar-refractivity contribution < 1.29 is 4.79 Å². The Labute approximate surface area is 140 Å². The van der Waals surface area contributed by atoms with Gasteiger partial charge in [-0.3, -0.25) is 9.69 Å². The van der Waals surface area contributed by atoms with E-state index in [-0.39, 0.29) is 16.4 Å². The Bertz CT molecular complexity index is 848. The average Bonchev–Trinajstić information content (AvgIpc) is 2.92. The van der Waals surface area contributed by atoms with Gasteiger partial charge in [-0.2, -0.15) is 5.26 Å². The summed E-state index contributed by atoms with van der Waals surface area (Å²) in [6, 6.07) is 11.5. The standard InChI is InChI=1S/C16H13ClN2OS2/c1-10-7-13-14(21-10)15(20)19(16(17)22(13)2)9-12-6-4-3-5-11(12)8-18/h3-7H,9H2,1-2H3. The van der Waals surface area contributed by atoms with E-state index in [0.717, 1.165) is 20.2 Å². The molecule has 1 amide bonds. The lowest BCUT2D eigenvalue weighted by Gasteiger charge is -2.28. The molecule has 1 atom stereocenters. The Hall–Kier alpha value is -1.61. The van der Waals surface area contributed by atoms with E-state index in [2.05, 4.69) is 6.07 Å². The summed E-state index contributed by atoms with van der Waals surface area (Å²) < 4.78 is 0.544. The third-order valence-corrected chi connectivity index (χ3v) is 7.30. The van der Waals surface area contributed by atoms with Gasteiger partial charge in [-0.1, -0.05) is 29.8 Å². The summed E-state index contributed by atoms with van der Waals surface area (Å²) in [7, 11) is -0.307. The van der Waals surface area contributed by atoms with Crippen molar-refractivity contribution in [2.45, 2.75) is 18.4 Å². The van der Waals surface area contributed by atoms with E-state index in [9.17, 15) is 10.1 Å². The van der Waals surface area contributed by atoms with Gasteiger partial charge in [0.25, 0.3) is 5.91 Å². The first-order valence-electron chi connectivity index (χ1n) is 6.61. The van der Waals surface area contributed by atoms with Crippen LogP contribution < -0.4 is 0 Å². The minimum absolute atomic E-state index is 0.0727. The molecule has 0 fully saturated rings. The van der Waals surface area contributed by atoms with Crippen LogP contribution in [0.4, 0.5) is 0 Å². The molecule has 1 aromatic heterocycles. The van der Waals surface area contributed by atoms with Crippen LogP contribution in [0.3, 0.4) is 0 Å². The lowest BCUT2D eigenvalue weighted by atomic mass is 10.1. The zero-order chi connectivity index (χ0) is 15.9. The first-order valence-corrected chi connectivity index (χ1v) is 9.44. The monoisotopic (exact) mass is 348 g/mol. The summed E-state index contributed by atoms with van der Waals surface area (Å²) in [6.45, 7) is 2.33. The maximum Gasteiger partial charge on any atom is 0.270 e. The number of thiophene rings is 1. The highest BCUT2D eigenvalue weighted by atomic mass is 35.5. The molecule has 0 aliphatic carbocycles. The third kappa shape index (κ3) is 2.48. The van der Waals surface area contributed by atoms with Crippen molar-refractivity contribution in [2.24, 2.45) is 0 Å². The smallest absolute Gasteiger partial charge is 0.270 e. The minimum atomic E-state index is -0.307. The van der Waals surface area contributed by atoms with Crippen LogP contribution in [0.15, 0.2) is 35.2 Å². The number of nitriles is 1. The Kier molecular flexibility index (Phi) is 4.09. The Morgan fingerprint density at radius 3 is 2.86 bits per heavy atom. The molecule has 2 heterocycles. The number of hydrogen-bond donors (Lipinski definition) is 0. The summed E-state index contributed by atoms with van der Waals surface area (Å²) in [5.74, 6) is -0.0727. The zero-order valence-electron chi connectivity index (χ0n) is 12.1. The molecular weight excluding hydrogens is 336 g/mol. The van der Waals surface area contributed by atoms with Crippen molar-refractivity contribution in [2.75, 3.05) is 6.26 Å². The van der Waals surface area contributed by atoms with Gasteiger partial charge in [-0.05, 0) is 30.9 Å². The number of rotatable bonds is 2. The van der Waals surface area contributed by atoms with E-state index in [4.69, 9.17) is 11.6 Å². The van der Waals surface area contributed by atoms with Crippen LogP contribution in [-0.2, 0) is 6.54 Å². The van der Waals surface area contributed by atoms with E-state index >= 15 is 0 Å². The fourth-order valence-corrected chi connectivity index (χ4v) is 5.59. The molecule has 0 radical (unpaired) electrons. The van der Waals surface area contributed by atoms with Crippen LogP contribution >= 0.6 is 33.4 Å². The van der Waals surface area contributed by atoms with Gasteiger partial charge < -0.3 is 0 Å². The van der Waals surface area contributed by atoms with Crippen LogP contribution in [-0.4, -0.2) is 21.5 Å². The average molecular weight is 349 g/mol. The maximum atomic E-state index is 12.7. The highest BCUT2D eigenvalue weighted by Crippen LogP contribution is 2.41. The topological polar surface area (TPSA) is 44.1 Å². The summed E-state index contributed by atoms with van der Waals surface area (Å²) in [4.78, 5) is 17.2. The summed E-state index contributed by atoms with van der Waals surface area (Å²) in [6.07, 6.45) is 2.03. The molecule has 3 rings (SSSR count). The van der Waals surface area contributed by atoms with E-state index in [1.165, 1.54) is 11.3 Å². The minimum Gasteiger partial charge on any atom is -0.288 e. The molecule has 6 heteroatoms. The van der Waals surface area contributed by atoms with Gasteiger partial charge in [-0.15, -0.1) is 21.8 Å². The van der Waals surface area contributed by atoms with Crippen molar-refractivity contribution in [3.63, 3.8) is 0 Å². The molecule has 0 saturated carbocycles. The van der Waals surface area contributed by atoms with Gasteiger partial charge in [0.2, 0.25) is 0 Å². The molecule has 0 N–H and O–H groups in total. The predicted molar refractivity (Wildman–Crippen MR) is 92.7 cm³/mol. The largest absolute Gasteiger partial charge is 0.288 e. The Balaban J connectivity index is 2.04. The van der Waals surface area contributed by atoms with Crippen LogP contribution in [0.5, 0.6) is 0 Å². The van der Waals surface area contributed by atoms with Gasteiger partial charge in [0.15, 0.2) is 0 Å². The number of fused-ring (bicyclic) bond motifs is 1. The second kappa shape index (κ2) is 5.88. The van der Waals surface area contributed by atoms with Crippen molar-refractivity contribution in [3.05, 3.63) is 51.2 Å². The summed E-state index contributed by atoms with van der Waals surface area (Å²) in [5, 5.41) is 9.20. The second-order valence-electron chi connectivity index (χ2n) is 4.97. The number of benzene rings is 1. The first kappa shape index (κ1) is 15.3. The highest BCUT2D eigenvalue weighted by Gasteiger charge is 2.31. The predicted octanol–water partition coefficient (Wildman–Crippen LogP) is 4.17. The van der Waals surface area contributed by atoms with E-state index in [0.29, 0.717) is 16.6 Å². The highest BCUT2D eigenvalue weighted by molar-refractivity contribution is 8.17. The molecular formula is C16H13ClN2OS2. The van der Waals surface area contributed by atoms with Crippen molar-refractivity contribution in [1.29, 1.82) is 5.26 Å². The molecule has 0 bridgehead atoms. The van der Waals surface area contributed by atoms with Crippen LogP contribution in [0.25, 0.3) is 0 Å². The molecule has 2 aromatic rings. The molecule has 3 nitrogen and oxygen atoms in total. The van der Waals surface area contributed by atoms with Crippen molar-refractivity contribution in [3.8, 4) is 6.07 Å². The Morgan fingerprint density at radius 1 is 1.41 bits per heavy atom. The first-order chi connectivity index (χ1) is 10.5. The van der Waals surface area contributed by atoms with E-state index in [1.807, 2.05) is 37.4 Å². The van der Waals surface area contributed by atoms with Crippen LogP contribution in [0.1, 0.15) is 25.7 Å². The van der Waals surface area contributed by atoms with E-state index < -0.39 is 0 Å². The second-order valence-corrected chi connectivity index (χ2v) is 8.66. The fraction of sp³-hybridized carbons (Fsp3) is 0.188. The lowest BCUT2D eigenvalue weighted by molar-refractivity contribution is 0.0845. The van der Waals surface area contributed by atoms with E-state index in [1.54, 1.807) is 11.0 Å². The molecule has 112 valence electrons. The molecule has 1 unspecified atom stereocenters. The summed E-state index contributed by atoms with van der Waals surface area (Å²) >= 11 is 7.97. The van der Waals surface area contributed by atoms with Crippen LogP contribution in [0, 0.1) is 18.3 Å². The number of nitrogens with zero attached hydrogens (tertiary/aromatic N) is 2. The molecule has 1 aromatic carbocycles. The van der Waals surface area contributed by atoms with Crippen molar-refractivity contribution >= 4 is 43.8 Å². The number of carbonyl (C=O) groups is 1. The Morgan fingerprint density at radius 2 is 2.14 bits per heavy atom. The van der Waals surface area contributed by atoms with Gasteiger partial charge in [0, 0.05) is 9.77 Å². The zero-order valence-corrected chi connectivity index (χ0v) is 14.5. The van der Waals surface area contributed by atoms with Gasteiger partial charge in [-0.25, -0.2) is 0 Å². The number of carbonyl (C=O) groups excluding carboxylic acids is 1. The summed E-state index contributed by atoms with van der Waals surface area (Å²) in [5.41, 5.74) is 1.38. The van der Waals surface area contributed by atoms with Gasteiger partial charge >= 0.3 is 0 Å². The van der Waals surface area contributed by atoms with Gasteiger partial charge in [0.1, 0.15) is 9.32 Å². The molecule has 0 saturated heterocycles. The quantitative estimate of drug-likeness (QED) is 0.464. The molecule has 22 heavy (non-hydrogen) atoms. The number of aryl methyl sites for hydroxylation is 1. The third-order valence-electron chi connectivity index (χ3n) is 3.52. The fourth-order valence-electron chi connectivity index (χ4n) is 2.40. The number of amides is 1.